The highest BCUT2D eigenvalue weighted by atomic mass is 19.1. The normalized spacial score (nSPS) is 13.7. The van der Waals surface area contributed by atoms with Gasteiger partial charge in [0.25, 0.3) is 11.8 Å². The topological polar surface area (TPSA) is 135 Å². The number of aliphatic imine (C=N–C) groups is 1. The predicted octanol–water partition coefficient (Wildman–Crippen LogP) is 5.66. The summed E-state index contributed by atoms with van der Waals surface area (Å²) in [6, 6.07) is 22.2. The van der Waals surface area contributed by atoms with Gasteiger partial charge in [-0.3, -0.25) is 14.6 Å². The van der Waals surface area contributed by atoms with E-state index in [-0.39, 0.29) is 17.6 Å². The molecule has 3 aromatic carbocycles. The fraction of sp³-hybridized carbons (Fsp3) is 0.143. The van der Waals surface area contributed by atoms with Crippen molar-refractivity contribution in [1.82, 2.24) is 21.0 Å². The number of amidine groups is 1. The molecule has 9 nitrogen and oxygen atoms in total. The molecule has 0 spiro atoms. The van der Waals surface area contributed by atoms with E-state index in [4.69, 9.17) is 10.3 Å². The molecule has 0 saturated heterocycles. The lowest BCUT2D eigenvalue weighted by Crippen LogP contribution is -2.39. The summed E-state index contributed by atoms with van der Waals surface area (Å²) in [5, 5.41) is 6.40. The van der Waals surface area contributed by atoms with Gasteiger partial charge in [0.15, 0.2) is 5.84 Å². The number of aromatic nitrogens is 1. The number of aryl methyl sites for hydroxylation is 1. The molecular formula is C35H31FN6O3. The van der Waals surface area contributed by atoms with E-state index in [9.17, 15) is 14.0 Å². The zero-order valence-corrected chi connectivity index (χ0v) is 24.8. The fourth-order valence-corrected chi connectivity index (χ4v) is 5.30. The average Bonchev–Trinajstić information content (AvgIpc) is 3.75. The standard InChI is InChI=1S/C35H31FN6O3/c1-20-7-8-24(33(43)41-35(15-16-35)21(2)40-32(42-37)28-6-4-5-17-39-28)19-26(20)23-11-14-29-27(18-23)30(34(44)38-3)31(45-29)22-9-12-25(36)13-10-22/h4-14,17-19H,2,15-16,37H2,1,3H3,(H,38,44)(H,40,42)(H,41,43). The second-order valence-electron chi connectivity index (χ2n) is 10.9. The van der Waals surface area contributed by atoms with Crippen LogP contribution >= 0.6 is 0 Å². The molecule has 2 amide bonds. The maximum Gasteiger partial charge on any atom is 0.255 e. The highest BCUT2D eigenvalue weighted by molar-refractivity contribution is 6.12. The smallest absolute Gasteiger partial charge is 0.255 e. The van der Waals surface area contributed by atoms with Gasteiger partial charge in [-0.15, -0.1) is 0 Å². The molecule has 45 heavy (non-hydrogen) atoms. The van der Waals surface area contributed by atoms with Crippen LogP contribution in [0.2, 0.25) is 0 Å². The van der Waals surface area contributed by atoms with Crippen LogP contribution in [-0.2, 0) is 0 Å². The Labute approximate surface area is 259 Å². The van der Waals surface area contributed by atoms with E-state index in [1.165, 1.54) is 12.1 Å². The predicted molar refractivity (Wildman–Crippen MR) is 172 cm³/mol. The number of rotatable bonds is 8. The Morgan fingerprint density at radius 2 is 1.76 bits per heavy atom. The second kappa shape index (κ2) is 11.8. The first-order chi connectivity index (χ1) is 21.7. The number of nitrogens with two attached hydrogens (primary N) is 1. The van der Waals surface area contributed by atoms with Crippen molar-refractivity contribution in [2.24, 2.45) is 10.8 Å². The summed E-state index contributed by atoms with van der Waals surface area (Å²) >= 11 is 0. The zero-order valence-electron chi connectivity index (χ0n) is 24.8. The Hall–Kier alpha value is -5.61. The molecule has 2 aromatic heterocycles. The van der Waals surface area contributed by atoms with E-state index in [2.05, 4.69) is 32.6 Å². The van der Waals surface area contributed by atoms with Crippen LogP contribution in [0.5, 0.6) is 0 Å². The lowest BCUT2D eigenvalue weighted by atomic mass is 9.95. The van der Waals surface area contributed by atoms with Crippen LogP contribution in [0.25, 0.3) is 33.4 Å². The summed E-state index contributed by atoms with van der Waals surface area (Å²) < 4.78 is 19.7. The van der Waals surface area contributed by atoms with Crippen molar-refractivity contribution in [2.75, 3.05) is 7.05 Å². The number of carbonyl (C=O) groups is 2. The number of hydrogen-bond acceptors (Lipinski definition) is 6. The number of hydrogen-bond donors (Lipinski definition) is 4. The molecule has 0 aliphatic heterocycles. The van der Waals surface area contributed by atoms with Gasteiger partial charge in [0, 0.05) is 29.8 Å². The second-order valence-corrected chi connectivity index (χ2v) is 10.9. The summed E-state index contributed by atoms with van der Waals surface area (Å²) in [7, 11) is 1.55. The van der Waals surface area contributed by atoms with E-state index in [1.54, 1.807) is 49.6 Å². The van der Waals surface area contributed by atoms with Crippen LogP contribution in [-0.4, -0.2) is 35.2 Å². The summed E-state index contributed by atoms with van der Waals surface area (Å²) in [5.41, 5.74) is 7.39. The number of halogens is 1. The number of pyridine rings is 1. The van der Waals surface area contributed by atoms with Crippen molar-refractivity contribution < 1.29 is 18.4 Å². The van der Waals surface area contributed by atoms with Crippen LogP contribution in [0, 0.1) is 12.7 Å². The van der Waals surface area contributed by atoms with Crippen molar-refractivity contribution in [3.05, 3.63) is 126 Å². The number of amides is 2. The molecule has 5 aromatic rings. The van der Waals surface area contributed by atoms with Crippen LogP contribution < -0.4 is 21.9 Å². The molecule has 2 heterocycles. The Kier molecular flexibility index (Phi) is 7.74. The van der Waals surface area contributed by atoms with E-state index in [1.807, 2.05) is 37.3 Å². The van der Waals surface area contributed by atoms with E-state index >= 15 is 0 Å². The monoisotopic (exact) mass is 602 g/mol. The number of carbonyl (C=O) groups excluding carboxylic acids is 2. The molecule has 5 N–H and O–H groups in total. The van der Waals surface area contributed by atoms with Gasteiger partial charge in [0.1, 0.15) is 22.9 Å². The Bertz CT molecular complexity index is 1980. The summed E-state index contributed by atoms with van der Waals surface area (Å²) in [6.07, 6.45) is 3.02. The van der Waals surface area contributed by atoms with Crippen molar-refractivity contribution in [3.63, 3.8) is 0 Å². The molecule has 0 bridgehead atoms. The number of fused-ring (bicyclic) bond motifs is 1. The minimum atomic E-state index is -0.687. The maximum atomic E-state index is 13.6. The first-order valence-electron chi connectivity index (χ1n) is 14.4. The average molecular weight is 603 g/mol. The van der Waals surface area contributed by atoms with Gasteiger partial charge in [-0.05, 0) is 97.1 Å². The number of benzene rings is 3. The van der Waals surface area contributed by atoms with Crippen molar-refractivity contribution >= 4 is 28.6 Å². The highest BCUT2D eigenvalue weighted by Crippen LogP contribution is 2.43. The summed E-state index contributed by atoms with van der Waals surface area (Å²) in [6.45, 7) is 6.09. The third-order valence-corrected chi connectivity index (χ3v) is 8.01. The van der Waals surface area contributed by atoms with Gasteiger partial charge in [-0.25, -0.2) is 15.2 Å². The Morgan fingerprint density at radius 3 is 2.42 bits per heavy atom. The molecule has 6 rings (SSSR count). The van der Waals surface area contributed by atoms with Gasteiger partial charge >= 0.3 is 0 Å². The highest BCUT2D eigenvalue weighted by Gasteiger charge is 2.47. The fourth-order valence-electron chi connectivity index (χ4n) is 5.30. The van der Waals surface area contributed by atoms with Crippen molar-refractivity contribution in [2.45, 2.75) is 25.3 Å². The van der Waals surface area contributed by atoms with E-state index in [0.29, 0.717) is 63.5 Å². The molecule has 1 aliphatic rings. The molecule has 1 saturated carbocycles. The third-order valence-electron chi connectivity index (χ3n) is 8.01. The quantitative estimate of drug-likeness (QED) is 0.0784. The minimum absolute atomic E-state index is 0.265. The number of nitrogens with zero attached hydrogens (tertiary/aromatic N) is 2. The SMILES string of the molecule is C=C(N=C(NN)c1ccccn1)C1(NC(=O)c2ccc(C)c(-c3ccc4oc(-c5ccc(F)cc5)c(C(=O)NC)c4c3)c2)CC1. The van der Waals surface area contributed by atoms with Gasteiger partial charge < -0.3 is 20.5 Å². The number of furan rings is 1. The van der Waals surface area contributed by atoms with Gasteiger partial charge in [0.2, 0.25) is 0 Å². The summed E-state index contributed by atoms with van der Waals surface area (Å²) in [5.74, 6) is 5.43. The van der Waals surface area contributed by atoms with Gasteiger partial charge in [-0.1, -0.05) is 24.8 Å². The van der Waals surface area contributed by atoms with Gasteiger partial charge in [0.05, 0.1) is 16.8 Å². The largest absolute Gasteiger partial charge is 0.455 e. The molecule has 0 radical (unpaired) electrons. The Morgan fingerprint density at radius 1 is 1.00 bits per heavy atom. The van der Waals surface area contributed by atoms with Crippen molar-refractivity contribution in [3.8, 4) is 22.5 Å². The molecular weight excluding hydrogens is 571 g/mol. The van der Waals surface area contributed by atoms with E-state index < -0.39 is 5.54 Å². The van der Waals surface area contributed by atoms with Gasteiger partial charge in [-0.2, -0.15) is 0 Å². The molecule has 0 atom stereocenters. The van der Waals surface area contributed by atoms with Crippen LogP contribution in [0.4, 0.5) is 4.39 Å². The number of nitrogens with one attached hydrogen (secondary N) is 3. The molecule has 1 fully saturated rings. The Balaban J connectivity index is 1.31. The summed E-state index contributed by atoms with van der Waals surface area (Å²) in [4.78, 5) is 35.4. The molecule has 1 aliphatic carbocycles. The van der Waals surface area contributed by atoms with Crippen LogP contribution in [0.15, 0.2) is 107 Å². The minimum Gasteiger partial charge on any atom is -0.455 e. The van der Waals surface area contributed by atoms with Crippen LogP contribution in [0.1, 0.15) is 44.8 Å². The molecule has 10 heteroatoms. The first kappa shape index (κ1) is 29.5. The first-order valence-corrected chi connectivity index (χ1v) is 14.4. The van der Waals surface area contributed by atoms with Crippen molar-refractivity contribution in [1.29, 1.82) is 0 Å². The molecule has 226 valence electrons. The molecule has 0 unspecified atom stereocenters. The lowest BCUT2D eigenvalue weighted by molar-refractivity contribution is 0.0935. The van der Waals surface area contributed by atoms with E-state index in [0.717, 1.165) is 16.7 Å². The zero-order chi connectivity index (χ0) is 31.7. The lowest BCUT2D eigenvalue weighted by Gasteiger charge is -2.19. The van der Waals surface area contributed by atoms with Crippen LogP contribution in [0.3, 0.4) is 0 Å². The number of hydrazine groups is 1. The maximum absolute atomic E-state index is 13.6. The third kappa shape index (κ3) is 5.71.